The first-order valence-electron chi connectivity index (χ1n) is 11.3. The second-order valence-corrected chi connectivity index (χ2v) is 11.2. The second kappa shape index (κ2) is 8.33. The molecule has 0 spiro atoms. The molecule has 3 aliphatic rings. The Morgan fingerprint density at radius 1 is 1.19 bits per heavy atom. The summed E-state index contributed by atoms with van der Waals surface area (Å²) in [5.74, 6) is 0. The van der Waals surface area contributed by atoms with Gasteiger partial charge in [-0.2, -0.15) is 0 Å². The van der Waals surface area contributed by atoms with E-state index >= 15 is 0 Å². The number of piperazine rings is 1. The quantitative estimate of drug-likeness (QED) is 0.634. The molecule has 3 fully saturated rings. The van der Waals surface area contributed by atoms with E-state index in [0.717, 1.165) is 47.3 Å². The van der Waals surface area contributed by atoms with Gasteiger partial charge in [0.05, 0.1) is 17.6 Å². The molecule has 10 heteroatoms. The molecule has 1 N–H and O–H groups in total. The zero-order valence-corrected chi connectivity index (χ0v) is 20.2. The molecule has 2 atom stereocenters. The lowest BCUT2D eigenvalue weighted by atomic mass is 9.93. The van der Waals surface area contributed by atoms with Crippen molar-refractivity contribution in [2.24, 2.45) is 0 Å². The SMILES string of the molecule is CC(C)(C)OC(=O)N1C2CCC1CN(c1nnc(-c3cnc(Cl)cc3NC3CCC3)s1)C2. The zero-order valence-electron chi connectivity index (χ0n) is 18.7. The molecule has 2 unspecified atom stereocenters. The number of amides is 1. The van der Waals surface area contributed by atoms with E-state index in [4.69, 9.17) is 16.3 Å². The van der Waals surface area contributed by atoms with E-state index in [1.165, 1.54) is 19.3 Å². The van der Waals surface area contributed by atoms with Crippen LogP contribution in [0.5, 0.6) is 0 Å². The third-order valence-electron chi connectivity index (χ3n) is 6.34. The molecule has 8 nitrogen and oxygen atoms in total. The number of ether oxygens (including phenoxy) is 1. The lowest BCUT2D eigenvalue weighted by Gasteiger charge is -2.41. The Kier molecular flexibility index (Phi) is 5.65. The van der Waals surface area contributed by atoms with Gasteiger partial charge < -0.3 is 15.0 Å². The Balaban J connectivity index is 1.32. The lowest BCUT2D eigenvalue weighted by Crippen LogP contribution is -2.56. The lowest BCUT2D eigenvalue weighted by molar-refractivity contribution is 0.0123. The van der Waals surface area contributed by atoms with E-state index in [9.17, 15) is 4.79 Å². The number of hydrogen-bond acceptors (Lipinski definition) is 8. The summed E-state index contributed by atoms with van der Waals surface area (Å²) in [5.41, 5.74) is 1.41. The van der Waals surface area contributed by atoms with Gasteiger partial charge >= 0.3 is 6.09 Å². The normalized spacial score (nSPS) is 23.2. The first-order chi connectivity index (χ1) is 15.3. The maximum Gasteiger partial charge on any atom is 0.410 e. The smallest absolute Gasteiger partial charge is 0.410 e. The Labute approximate surface area is 197 Å². The molecular formula is C22H29ClN6O2S. The molecule has 2 bridgehead atoms. The fourth-order valence-electron chi connectivity index (χ4n) is 4.62. The van der Waals surface area contributed by atoms with Crippen molar-refractivity contribution in [3.63, 3.8) is 0 Å². The van der Waals surface area contributed by atoms with Crippen molar-refractivity contribution in [1.82, 2.24) is 20.1 Å². The molecule has 2 aliphatic heterocycles. The summed E-state index contributed by atoms with van der Waals surface area (Å²) in [7, 11) is 0. The van der Waals surface area contributed by atoms with Gasteiger partial charge in [0.25, 0.3) is 0 Å². The molecular weight excluding hydrogens is 448 g/mol. The van der Waals surface area contributed by atoms with E-state index in [0.29, 0.717) is 11.2 Å². The number of nitrogens with zero attached hydrogens (tertiary/aromatic N) is 5. The summed E-state index contributed by atoms with van der Waals surface area (Å²) < 4.78 is 5.65. The average molecular weight is 477 g/mol. The Hall–Kier alpha value is -2.13. The minimum Gasteiger partial charge on any atom is -0.444 e. The number of fused-ring (bicyclic) bond motifs is 2. The van der Waals surface area contributed by atoms with Crippen LogP contribution in [0, 0.1) is 0 Å². The highest BCUT2D eigenvalue weighted by molar-refractivity contribution is 7.18. The molecule has 172 valence electrons. The molecule has 32 heavy (non-hydrogen) atoms. The minimum absolute atomic E-state index is 0.143. The van der Waals surface area contributed by atoms with Gasteiger partial charge in [0.15, 0.2) is 5.01 Å². The average Bonchev–Trinajstić information content (AvgIpc) is 3.26. The van der Waals surface area contributed by atoms with Crippen LogP contribution >= 0.6 is 22.9 Å². The van der Waals surface area contributed by atoms with E-state index < -0.39 is 5.60 Å². The van der Waals surface area contributed by atoms with Crippen molar-refractivity contribution in [3.8, 4) is 10.6 Å². The standard InChI is InChI=1S/C22H29ClN6O2S/c1-22(2,3)31-21(30)29-14-7-8-15(29)12-28(11-14)20-27-26-19(32-20)16-10-24-18(23)9-17(16)25-13-5-4-6-13/h9-10,13-15H,4-8,11-12H2,1-3H3,(H,24,25). The van der Waals surface area contributed by atoms with Crippen LogP contribution in [0.3, 0.4) is 0 Å². The van der Waals surface area contributed by atoms with E-state index in [1.54, 1.807) is 17.5 Å². The minimum atomic E-state index is -0.486. The largest absolute Gasteiger partial charge is 0.444 e. The van der Waals surface area contributed by atoms with Crippen molar-refractivity contribution in [3.05, 3.63) is 17.4 Å². The highest BCUT2D eigenvalue weighted by atomic mass is 35.5. The number of aromatic nitrogens is 3. The van der Waals surface area contributed by atoms with E-state index in [1.807, 2.05) is 31.7 Å². The number of nitrogens with one attached hydrogen (secondary N) is 1. The maximum absolute atomic E-state index is 12.7. The molecule has 5 rings (SSSR count). The molecule has 1 amide bonds. The van der Waals surface area contributed by atoms with Gasteiger partial charge in [0.1, 0.15) is 10.8 Å². The fraction of sp³-hybridized carbons (Fsp3) is 0.636. The summed E-state index contributed by atoms with van der Waals surface area (Å²) in [6, 6.07) is 2.64. The van der Waals surface area contributed by atoms with Gasteiger partial charge in [0, 0.05) is 31.0 Å². The van der Waals surface area contributed by atoms with Crippen LogP contribution in [-0.2, 0) is 4.74 Å². The second-order valence-electron chi connectivity index (χ2n) is 9.89. The Morgan fingerprint density at radius 2 is 1.91 bits per heavy atom. The topological polar surface area (TPSA) is 83.5 Å². The number of anilines is 2. The Morgan fingerprint density at radius 3 is 2.53 bits per heavy atom. The van der Waals surface area contributed by atoms with Crippen LogP contribution in [0.15, 0.2) is 12.3 Å². The first-order valence-corrected chi connectivity index (χ1v) is 12.5. The van der Waals surface area contributed by atoms with Crippen LogP contribution in [0.25, 0.3) is 10.6 Å². The zero-order chi connectivity index (χ0) is 22.5. The van der Waals surface area contributed by atoms with Gasteiger partial charge in [-0.3, -0.25) is 4.90 Å². The summed E-state index contributed by atoms with van der Waals surface area (Å²) in [6.07, 6.45) is 7.15. The monoisotopic (exact) mass is 476 g/mol. The number of pyridine rings is 1. The van der Waals surface area contributed by atoms with Gasteiger partial charge in [-0.05, 0) is 58.9 Å². The Bertz CT molecular complexity index is 991. The third kappa shape index (κ3) is 4.37. The summed E-state index contributed by atoms with van der Waals surface area (Å²) >= 11 is 7.72. The maximum atomic E-state index is 12.7. The van der Waals surface area contributed by atoms with Crippen LogP contribution < -0.4 is 10.2 Å². The van der Waals surface area contributed by atoms with Crippen LogP contribution in [0.1, 0.15) is 52.9 Å². The van der Waals surface area contributed by atoms with Crippen molar-refractivity contribution in [2.45, 2.75) is 76.6 Å². The first kappa shape index (κ1) is 21.7. The summed E-state index contributed by atoms with van der Waals surface area (Å²) in [5, 5.41) is 14.7. The predicted octanol–water partition coefficient (Wildman–Crippen LogP) is 4.81. The van der Waals surface area contributed by atoms with Crippen LogP contribution in [-0.4, -0.2) is 63.0 Å². The number of hydrogen-bond donors (Lipinski definition) is 1. The molecule has 0 aromatic carbocycles. The summed E-state index contributed by atoms with van der Waals surface area (Å²) in [6.45, 7) is 7.22. The van der Waals surface area contributed by atoms with Crippen molar-refractivity contribution in [1.29, 1.82) is 0 Å². The molecule has 1 saturated carbocycles. The molecule has 4 heterocycles. The highest BCUT2D eigenvalue weighted by Gasteiger charge is 2.45. The summed E-state index contributed by atoms with van der Waals surface area (Å²) in [4.78, 5) is 21.2. The number of halogens is 1. The predicted molar refractivity (Wildman–Crippen MR) is 127 cm³/mol. The number of carbonyl (C=O) groups excluding carboxylic acids is 1. The molecule has 2 saturated heterocycles. The van der Waals surface area contributed by atoms with Crippen LogP contribution in [0.2, 0.25) is 5.15 Å². The van der Waals surface area contributed by atoms with Gasteiger partial charge in [-0.15, -0.1) is 10.2 Å². The van der Waals surface area contributed by atoms with E-state index in [2.05, 4.69) is 25.4 Å². The van der Waals surface area contributed by atoms with Crippen molar-refractivity contribution in [2.75, 3.05) is 23.3 Å². The van der Waals surface area contributed by atoms with Crippen molar-refractivity contribution < 1.29 is 9.53 Å². The fourth-order valence-corrected chi connectivity index (χ4v) is 5.66. The van der Waals surface area contributed by atoms with Crippen LogP contribution in [0.4, 0.5) is 15.6 Å². The molecule has 1 aliphatic carbocycles. The number of rotatable bonds is 4. The van der Waals surface area contributed by atoms with E-state index in [-0.39, 0.29) is 18.2 Å². The molecule has 2 aromatic rings. The molecule has 0 radical (unpaired) electrons. The molecule has 2 aromatic heterocycles. The van der Waals surface area contributed by atoms with Crippen molar-refractivity contribution >= 4 is 39.8 Å². The van der Waals surface area contributed by atoms with Gasteiger partial charge in [-0.25, -0.2) is 9.78 Å². The van der Waals surface area contributed by atoms with Gasteiger partial charge in [-0.1, -0.05) is 22.9 Å². The number of carbonyl (C=O) groups is 1. The highest BCUT2D eigenvalue weighted by Crippen LogP contribution is 2.39. The third-order valence-corrected chi connectivity index (χ3v) is 7.56. The van der Waals surface area contributed by atoms with Gasteiger partial charge in [0.2, 0.25) is 5.13 Å².